The normalized spacial score (nSPS) is 10.6. The van der Waals surface area contributed by atoms with Crippen molar-refractivity contribution >= 4 is 11.9 Å². The molecule has 2 N–H and O–H groups in total. The number of carbonyl (C=O) groups excluding carboxylic acids is 1. The number of aryl methyl sites for hydroxylation is 2. The molecule has 0 atom stereocenters. The molecule has 0 spiro atoms. The van der Waals surface area contributed by atoms with Crippen LogP contribution in [0.2, 0.25) is 0 Å². The molecule has 27 heavy (non-hydrogen) atoms. The van der Waals surface area contributed by atoms with Crippen molar-refractivity contribution in [2.45, 2.75) is 19.8 Å². The van der Waals surface area contributed by atoms with Crippen LogP contribution in [0.4, 0.5) is 4.39 Å². The molecule has 0 saturated heterocycles. The lowest BCUT2D eigenvalue weighted by Crippen LogP contribution is -2.25. The van der Waals surface area contributed by atoms with Gasteiger partial charge in [-0.3, -0.25) is 19.7 Å². The zero-order chi connectivity index (χ0) is 19.4. The van der Waals surface area contributed by atoms with Crippen molar-refractivity contribution in [3.63, 3.8) is 0 Å². The minimum Gasteiger partial charge on any atom is -0.481 e. The predicted octanol–water partition coefficient (Wildman–Crippen LogP) is 4.00. The highest BCUT2D eigenvalue weighted by Gasteiger charge is 2.15. The number of carboxylic acid groups (broad SMARTS) is 1. The summed E-state index contributed by atoms with van der Waals surface area (Å²) in [6, 6.07) is 16.6. The van der Waals surface area contributed by atoms with Crippen LogP contribution in [-0.2, 0) is 11.2 Å². The molecule has 3 aromatic rings. The number of amides is 1. The van der Waals surface area contributed by atoms with Crippen molar-refractivity contribution in [2.24, 2.45) is 0 Å². The van der Waals surface area contributed by atoms with Crippen LogP contribution in [0, 0.1) is 12.7 Å². The van der Waals surface area contributed by atoms with Crippen LogP contribution >= 0.6 is 0 Å². The van der Waals surface area contributed by atoms with E-state index in [0.717, 1.165) is 5.56 Å². The summed E-state index contributed by atoms with van der Waals surface area (Å²) < 4.78 is 14.8. The first-order valence-electron chi connectivity index (χ1n) is 8.50. The third kappa shape index (κ3) is 4.41. The number of hydrogen-bond donors (Lipinski definition) is 2. The molecule has 1 amide bonds. The smallest absolute Gasteiger partial charge is 0.303 e. The van der Waals surface area contributed by atoms with Crippen LogP contribution < -0.4 is 5.43 Å². The van der Waals surface area contributed by atoms with Crippen LogP contribution in [0.5, 0.6) is 0 Å². The molecule has 0 aliphatic heterocycles. The molecule has 0 aliphatic rings. The van der Waals surface area contributed by atoms with Gasteiger partial charge in [0.1, 0.15) is 5.82 Å². The van der Waals surface area contributed by atoms with E-state index >= 15 is 0 Å². The van der Waals surface area contributed by atoms with Gasteiger partial charge in [0.2, 0.25) is 0 Å². The van der Waals surface area contributed by atoms with Gasteiger partial charge in [0.15, 0.2) is 0 Å². The fraction of sp³-hybridized carbons (Fsp3) is 0.143. The summed E-state index contributed by atoms with van der Waals surface area (Å²) in [5.41, 5.74) is 6.30. The molecule has 2 aromatic carbocycles. The molecule has 1 heterocycles. The zero-order valence-electron chi connectivity index (χ0n) is 14.8. The fourth-order valence-electron chi connectivity index (χ4n) is 2.84. The molecular weight excluding hydrogens is 347 g/mol. The molecule has 0 radical (unpaired) electrons. The highest BCUT2D eigenvalue weighted by molar-refractivity contribution is 6.00. The third-order valence-corrected chi connectivity index (χ3v) is 4.19. The van der Waals surface area contributed by atoms with Gasteiger partial charge in [-0.2, -0.15) is 0 Å². The number of halogens is 1. The van der Waals surface area contributed by atoms with Crippen molar-refractivity contribution in [3.8, 4) is 11.3 Å². The lowest BCUT2D eigenvalue weighted by molar-refractivity contribution is -0.136. The van der Waals surface area contributed by atoms with Gasteiger partial charge < -0.3 is 5.11 Å². The molecule has 3 rings (SSSR count). The van der Waals surface area contributed by atoms with Crippen LogP contribution in [0.15, 0.2) is 60.7 Å². The monoisotopic (exact) mass is 366 g/mol. The average Bonchev–Trinajstić information content (AvgIpc) is 3.03. The van der Waals surface area contributed by atoms with Gasteiger partial charge in [0, 0.05) is 23.2 Å². The van der Waals surface area contributed by atoms with Crippen LogP contribution in [0.25, 0.3) is 11.3 Å². The fourth-order valence-corrected chi connectivity index (χ4v) is 2.84. The number of nitrogens with zero attached hydrogens (tertiary/aromatic N) is 1. The molecule has 138 valence electrons. The van der Waals surface area contributed by atoms with Gasteiger partial charge in [-0.15, -0.1) is 0 Å². The molecule has 0 bridgehead atoms. The third-order valence-electron chi connectivity index (χ3n) is 4.19. The van der Waals surface area contributed by atoms with Crippen LogP contribution in [-0.4, -0.2) is 21.7 Å². The summed E-state index contributed by atoms with van der Waals surface area (Å²) in [4.78, 5) is 23.6. The SMILES string of the molecule is Cc1cccc(C(=O)Nn2c(CCC(=O)O)ccc2-c2ccc(F)cc2)c1. The lowest BCUT2D eigenvalue weighted by atomic mass is 10.1. The number of aromatic nitrogens is 1. The minimum atomic E-state index is -0.920. The second-order valence-electron chi connectivity index (χ2n) is 6.26. The van der Waals surface area contributed by atoms with Crippen LogP contribution in [0.1, 0.15) is 28.0 Å². The zero-order valence-corrected chi connectivity index (χ0v) is 14.8. The number of aliphatic carboxylic acids is 1. The van der Waals surface area contributed by atoms with E-state index in [2.05, 4.69) is 5.43 Å². The lowest BCUT2D eigenvalue weighted by Gasteiger charge is -2.15. The molecule has 6 heteroatoms. The standard InChI is InChI=1S/C21H19FN2O3/c1-14-3-2-4-16(13-14)21(27)23-24-18(10-12-20(25)26)9-11-19(24)15-5-7-17(22)8-6-15/h2-9,11,13H,10,12H2,1H3,(H,23,27)(H,25,26). The summed E-state index contributed by atoms with van der Waals surface area (Å²) in [6.45, 7) is 1.90. The first-order chi connectivity index (χ1) is 12.9. The Morgan fingerprint density at radius 2 is 1.81 bits per heavy atom. The van der Waals surface area contributed by atoms with Crippen molar-refractivity contribution in [3.05, 3.63) is 83.3 Å². The van der Waals surface area contributed by atoms with E-state index in [0.29, 0.717) is 22.5 Å². The summed E-state index contributed by atoms with van der Waals surface area (Å²) in [5, 5.41) is 8.97. The number of carboxylic acids is 1. The molecule has 0 saturated carbocycles. The Kier molecular flexibility index (Phi) is 5.35. The molecule has 0 unspecified atom stereocenters. The summed E-state index contributed by atoms with van der Waals surface area (Å²) >= 11 is 0. The minimum absolute atomic E-state index is 0.0623. The quantitative estimate of drug-likeness (QED) is 0.693. The van der Waals surface area contributed by atoms with E-state index in [9.17, 15) is 14.0 Å². The second-order valence-corrected chi connectivity index (χ2v) is 6.26. The number of benzene rings is 2. The Balaban J connectivity index is 1.96. The first kappa shape index (κ1) is 18.4. The van der Waals surface area contributed by atoms with E-state index in [1.165, 1.54) is 12.1 Å². The van der Waals surface area contributed by atoms with Gasteiger partial charge in [-0.25, -0.2) is 4.39 Å². The number of carbonyl (C=O) groups is 2. The largest absolute Gasteiger partial charge is 0.481 e. The number of rotatable bonds is 6. The van der Waals surface area contributed by atoms with Crippen molar-refractivity contribution in [2.75, 3.05) is 5.43 Å². The molecule has 5 nitrogen and oxygen atoms in total. The summed E-state index contributed by atoms with van der Waals surface area (Å²) in [5.74, 6) is -1.59. The number of nitrogens with one attached hydrogen (secondary N) is 1. The van der Waals surface area contributed by atoms with E-state index in [-0.39, 0.29) is 24.6 Å². The predicted molar refractivity (Wildman–Crippen MR) is 101 cm³/mol. The average molecular weight is 366 g/mol. The van der Waals surface area contributed by atoms with Crippen molar-refractivity contribution < 1.29 is 19.1 Å². The summed E-state index contributed by atoms with van der Waals surface area (Å²) in [7, 11) is 0. The Labute approximate surface area is 156 Å². The Morgan fingerprint density at radius 3 is 2.48 bits per heavy atom. The first-order valence-corrected chi connectivity index (χ1v) is 8.50. The van der Waals surface area contributed by atoms with Crippen molar-refractivity contribution in [1.29, 1.82) is 0 Å². The van der Waals surface area contributed by atoms with Crippen LogP contribution in [0.3, 0.4) is 0 Å². The maximum Gasteiger partial charge on any atom is 0.303 e. The van der Waals surface area contributed by atoms with Crippen molar-refractivity contribution in [1.82, 2.24) is 4.68 Å². The van der Waals surface area contributed by atoms with Gasteiger partial charge in [0.05, 0.1) is 12.1 Å². The van der Waals surface area contributed by atoms with Gasteiger partial charge in [0.25, 0.3) is 5.91 Å². The molecule has 1 aromatic heterocycles. The topological polar surface area (TPSA) is 71.3 Å². The maximum absolute atomic E-state index is 13.2. The van der Waals surface area contributed by atoms with Gasteiger partial charge >= 0.3 is 5.97 Å². The maximum atomic E-state index is 13.2. The summed E-state index contributed by atoms with van der Waals surface area (Å²) in [6.07, 6.45) is 0.192. The second kappa shape index (κ2) is 7.86. The Hall–Kier alpha value is -3.41. The Bertz CT molecular complexity index is 977. The molecule has 0 aliphatic carbocycles. The number of hydrogen-bond acceptors (Lipinski definition) is 2. The van der Waals surface area contributed by atoms with E-state index in [1.54, 1.807) is 47.1 Å². The molecule has 0 fully saturated rings. The Morgan fingerprint density at radius 1 is 1.07 bits per heavy atom. The van der Waals surface area contributed by atoms with E-state index in [1.807, 2.05) is 13.0 Å². The van der Waals surface area contributed by atoms with E-state index in [4.69, 9.17) is 5.11 Å². The molecular formula is C21H19FN2O3. The van der Waals surface area contributed by atoms with Gasteiger partial charge in [-0.05, 0) is 55.5 Å². The van der Waals surface area contributed by atoms with Gasteiger partial charge in [-0.1, -0.05) is 17.7 Å². The van der Waals surface area contributed by atoms with E-state index < -0.39 is 5.97 Å². The highest BCUT2D eigenvalue weighted by atomic mass is 19.1. The highest BCUT2D eigenvalue weighted by Crippen LogP contribution is 2.23.